The van der Waals surface area contributed by atoms with E-state index in [1.165, 1.54) is 12.3 Å². The fraction of sp³-hybridized carbons (Fsp3) is 0.500. The number of nitrogens with zero attached hydrogens (tertiary/aromatic N) is 2. The molecule has 0 bridgehead atoms. The van der Waals surface area contributed by atoms with E-state index in [2.05, 4.69) is 25.8 Å². The highest BCUT2D eigenvalue weighted by molar-refractivity contribution is 5.89. The van der Waals surface area contributed by atoms with Crippen molar-refractivity contribution in [3.8, 4) is 0 Å². The molecular formula is C12H19N3O2. The van der Waals surface area contributed by atoms with Crippen LogP contribution in [0, 0.1) is 5.41 Å². The predicted molar refractivity (Wildman–Crippen MR) is 68.3 cm³/mol. The molecule has 17 heavy (non-hydrogen) atoms. The van der Waals surface area contributed by atoms with Crippen molar-refractivity contribution in [1.29, 1.82) is 0 Å². The lowest BCUT2D eigenvalue weighted by molar-refractivity contribution is 0.0696. The van der Waals surface area contributed by atoms with Gasteiger partial charge >= 0.3 is 5.97 Å². The van der Waals surface area contributed by atoms with Crippen molar-refractivity contribution < 1.29 is 9.90 Å². The molecular weight excluding hydrogens is 218 g/mol. The number of aromatic carboxylic acids is 1. The van der Waals surface area contributed by atoms with Crippen molar-refractivity contribution in [1.82, 2.24) is 4.98 Å². The van der Waals surface area contributed by atoms with Crippen molar-refractivity contribution in [2.24, 2.45) is 5.41 Å². The van der Waals surface area contributed by atoms with Gasteiger partial charge in [-0.15, -0.1) is 0 Å². The molecule has 1 rings (SSSR count). The van der Waals surface area contributed by atoms with Crippen LogP contribution in [0.25, 0.3) is 0 Å². The number of nitrogens with two attached hydrogens (primary N) is 1. The van der Waals surface area contributed by atoms with E-state index in [1.54, 1.807) is 0 Å². The smallest absolute Gasteiger partial charge is 0.337 e. The van der Waals surface area contributed by atoms with Crippen molar-refractivity contribution >= 4 is 17.5 Å². The molecule has 0 aliphatic rings. The van der Waals surface area contributed by atoms with Gasteiger partial charge in [0.05, 0.1) is 11.3 Å². The summed E-state index contributed by atoms with van der Waals surface area (Å²) in [5.41, 5.74) is 6.42. The minimum atomic E-state index is -1.02. The molecule has 0 aromatic carbocycles. The molecule has 5 nitrogen and oxygen atoms in total. The lowest BCUT2D eigenvalue weighted by atomic mass is 9.96. The Bertz CT molecular complexity index is 424. The number of anilines is 2. The number of nitrogen functional groups attached to an aromatic ring is 1. The third kappa shape index (κ3) is 3.62. The summed E-state index contributed by atoms with van der Waals surface area (Å²) in [6.07, 6.45) is 1.33. The first-order valence-corrected chi connectivity index (χ1v) is 5.40. The van der Waals surface area contributed by atoms with Crippen LogP contribution in [-0.4, -0.2) is 29.7 Å². The summed E-state index contributed by atoms with van der Waals surface area (Å²) in [4.78, 5) is 16.8. The number of pyridine rings is 1. The van der Waals surface area contributed by atoms with E-state index in [1.807, 2.05) is 11.9 Å². The van der Waals surface area contributed by atoms with E-state index in [4.69, 9.17) is 10.8 Å². The van der Waals surface area contributed by atoms with Crippen LogP contribution in [0.4, 0.5) is 11.5 Å². The molecule has 1 aromatic rings. The van der Waals surface area contributed by atoms with Gasteiger partial charge in [-0.05, 0) is 11.5 Å². The van der Waals surface area contributed by atoms with E-state index >= 15 is 0 Å². The Morgan fingerprint density at radius 2 is 2.12 bits per heavy atom. The highest BCUT2D eigenvalue weighted by atomic mass is 16.4. The third-order valence-electron chi connectivity index (χ3n) is 2.22. The lowest BCUT2D eigenvalue weighted by Crippen LogP contribution is -2.30. The number of carbonyl (C=O) groups is 1. The summed E-state index contributed by atoms with van der Waals surface area (Å²) in [5.74, 6) is -0.404. The maximum Gasteiger partial charge on any atom is 0.337 e. The molecule has 0 aliphatic carbocycles. The zero-order valence-corrected chi connectivity index (χ0v) is 10.7. The molecule has 0 amide bonds. The normalized spacial score (nSPS) is 11.3. The van der Waals surface area contributed by atoms with Gasteiger partial charge in [0.25, 0.3) is 0 Å². The second-order valence-corrected chi connectivity index (χ2v) is 5.36. The molecule has 0 radical (unpaired) electrons. The molecule has 5 heteroatoms. The molecule has 0 spiro atoms. The highest BCUT2D eigenvalue weighted by Crippen LogP contribution is 2.24. The van der Waals surface area contributed by atoms with Gasteiger partial charge in [-0.1, -0.05) is 20.8 Å². The Hall–Kier alpha value is -1.78. The zero-order valence-electron chi connectivity index (χ0n) is 10.7. The van der Waals surface area contributed by atoms with Crippen LogP contribution >= 0.6 is 0 Å². The van der Waals surface area contributed by atoms with Gasteiger partial charge in [0.2, 0.25) is 0 Å². The molecule has 3 N–H and O–H groups in total. The SMILES string of the molecule is CN(CC(C)(C)C)c1ncc(C(=O)O)cc1N. The molecule has 0 saturated heterocycles. The summed E-state index contributed by atoms with van der Waals surface area (Å²) < 4.78 is 0. The molecule has 0 atom stereocenters. The van der Waals surface area contributed by atoms with E-state index in [9.17, 15) is 4.79 Å². The number of aromatic nitrogens is 1. The fourth-order valence-electron chi connectivity index (χ4n) is 1.70. The Labute approximate surface area is 101 Å². The standard InChI is InChI=1S/C12H19N3O2/c1-12(2,3)7-15(4)10-9(13)5-8(6-14-10)11(16)17/h5-6H,7,13H2,1-4H3,(H,16,17). The summed E-state index contributed by atoms with van der Waals surface area (Å²) in [6, 6.07) is 1.43. The maximum absolute atomic E-state index is 10.8. The Kier molecular flexibility index (Phi) is 3.60. The van der Waals surface area contributed by atoms with Crippen LogP contribution in [-0.2, 0) is 0 Å². The molecule has 1 aromatic heterocycles. The minimum Gasteiger partial charge on any atom is -0.478 e. The molecule has 0 aliphatic heterocycles. The summed E-state index contributed by atoms with van der Waals surface area (Å²) in [5, 5.41) is 8.82. The fourth-order valence-corrected chi connectivity index (χ4v) is 1.70. The van der Waals surface area contributed by atoms with Crippen LogP contribution in [0.2, 0.25) is 0 Å². The van der Waals surface area contributed by atoms with Crippen LogP contribution in [0.1, 0.15) is 31.1 Å². The first-order valence-electron chi connectivity index (χ1n) is 5.40. The maximum atomic E-state index is 10.8. The van der Waals surface area contributed by atoms with Gasteiger partial charge in [-0.2, -0.15) is 0 Å². The molecule has 94 valence electrons. The number of hydrogen-bond acceptors (Lipinski definition) is 4. The molecule has 0 saturated carbocycles. The van der Waals surface area contributed by atoms with Crippen LogP contribution in [0.15, 0.2) is 12.3 Å². The van der Waals surface area contributed by atoms with Gasteiger partial charge in [0.15, 0.2) is 5.82 Å². The number of carboxylic acid groups (broad SMARTS) is 1. The van der Waals surface area contributed by atoms with Crippen LogP contribution in [0.3, 0.4) is 0 Å². The number of rotatable bonds is 3. The Morgan fingerprint density at radius 3 is 2.53 bits per heavy atom. The van der Waals surface area contributed by atoms with Gasteiger partial charge in [0, 0.05) is 19.8 Å². The topological polar surface area (TPSA) is 79.5 Å². The predicted octanol–water partition coefficient (Wildman–Crippen LogP) is 1.84. The summed E-state index contributed by atoms with van der Waals surface area (Å²) in [7, 11) is 1.89. The Morgan fingerprint density at radius 1 is 1.53 bits per heavy atom. The largest absolute Gasteiger partial charge is 0.478 e. The van der Waals surface area contributed by atoms with Gasteiger partial charge in [-0.25, -0.2) is 9.78 Å². The van der Waals surface area contributed by atoms with Crippen molar-refractivity contribution in [3.63, 3.8) is 0 Å². The second kappa shape index (κ2) is 4.61. The Balaban J connectivity index is 2.96. The average molecular weight is 237 g/mol. The van der Waals surface area contributed by atoms with E-state index < -0.39 is 5.97 Å². The van der Waals surface area contributed by atoms with Crippen LogP contribution < -0.4 is 10.6 Å². The first-order chi connectivity index (χ1) is 7.70. The molecule has 1 heterocycles. The van der Waals surface area contributed by atoms with Crippen molar-refractivity contribution in [2.45, 2.75) is 20.8 Å². The van der Waals surface area contributed by atoms with Gasteiger partial charge in [0.1, 0.15) is 0 Å². The molecule has 0 unspecified atom stereocenters. The lowest BCUT2D eigenvalue weighted by Gasteiger charge is -2.28. The van der Waals surface area contributed by atoms with E-state index in [0.29, 0.717) is 11.5 Å². The number of carboxylic acids is 1. The summed E-state index contributed by atoms with van der Waals surface area (Å²) >= 11 is 0. The number of hydrogen-bond donors (Lipinski definition) is 2. The highest BCUT2D eigenvalue weighted by Gasteiger charge is 2.17. The minimum absolute atomic E-state index is 0.107. The quantitative estimate of drug-likeness (QED) is 0.838. The molecule has 0 fully saturated rings. The van der Waals surface area contributed by atoms with Crippen molar-refractivity contribution in [2.75, 3.05) is 24.2 Å². The van der Waals surface area contributed by atoms with Gasteiger partial charge < -0.3 is 15.7 Å². The summed E-state index contributed by atoms with van der Waals surface area (Å²) in [6.45, 7) is 7.14. The van der Waals surface area contributed by atoms with E-state index in [-0.39, 0.29) is 11.0 Å². The average Bonchev–Trinajstić information content (AvgIpc) is 2.14. The second-order valence-electron chi connectivity index (χ2n) is 5.36. The van der Waals surface area contributed by atoms with Crippen LogP contribution in [0.5, 0.6) is 0 Å². The van der Waals surface area contributed by atoms with E-state index in [0.717, 1.165) is 6.54 Å². The van der Waals surface area contributed by atoms with Gasteiger partial charge in [-0.3, -0.25) is 0 Å². The van der Waals surface area contributed by atoms with Crippen molar-refractivity contribution in [3.05, 3.63) is 17.8 Å². The monoisotopic (exact) mass is 237 g/mol. The zero-order chi connectivity index (χ0) is 13.2. The third-order valence-corrected chi connectivity index (χ3v) is 2.22. The first kappa shape index (κ1) is 13.3.